The van der Waals surface area contributed by atoms with Crippen LogP contribution in [0, 0.1) is 11.6 Å². The Bertz CT molecular complexity index is 744. The van der Waals surface area contributed by atoms with Crippen molar-refractivity contribution in [3.05, 3.63) is 70.6 Å². The Labute approximate surface area is 119 Å². The average Bonchev–Trinajstić information content (AvgIpc) is 2.86. The van der Waals surface area contributed by atoms with E-state index in [1.165, 1.54) is 17.4 Å². The van der Waals surface area contributed by atoms with Gasteiger partial charge in [-0.3, -0.25) is 0 Å². The van der Waals surface area contributed by atoms with Gasteiger partial charge in [-0.25, -0.2) is 8.78 Å². The molecule has 0 amide bonds. The van der Waals surface area contributed by atoms with E-state index in [1.54, 1.807) is 6.92 Å². The van der Waals surface area contributed by atoms with Gasteiger partial charge in [0.15, 0.2) is 11.6 Å². The highest BCUT2D eigenvalue weighted by Crippen LogP contribution is 2.37. The van der Waals surface area contributed by atoms with Gasteiger partial charge in [0.05, 0.1) is 0 Å². The summed E-state index contributed by atoms with van der Waals surface area (Å²) in [6.07, 6.45) is 0. The first-order valence-corrected chi connectivity index (χ1v) is 6.97. The highest BCUT2D eigenvalue weighted by Gasteiger charge is 2.28. The molecule has 0 radical (unpaired) electrons. The van der Waals surface area contributed by atoms with Crippen molar-refractivity contribution < 1.29 is 13.9 Å². The van der Waals surface area contributed by atoms with Crippen molar-refractivity contribution in [1.82, 2.24) is 0 Å². The molecule has 0 aliphatic carbocycles. The molecule has 0 saturated carbocycles. The fourth-order valence-electron chi connectivity index (χ4n) is 2.16. The summed E-state index contributed by atoms with van der Waals surface area (Å²) in [5, 5.41) is 11.7. The Balaban J connectivity index is 2.12. The molecule has 1 N–H and O–H groups in total. The fourth-order valence-corrected chi connectivity index (χ4v) is 3.29. The third kappa shape index (κ3) is 2.11. The van der Waals surface area contributed by atoms with Crippen molar-refractivity contribution >= 4 is 21.4 Å². The lowest BCUT2D eigenvalue weighted by molar-refractivity contribution is 0.106. The van der Waals surface area contributed by atoms with E-state index in [0.29, 0.717) is 10.4 Å². The molecule has 0 spiro atoms. The van der Waals surface area contributed by atoms with Crippen molar-refractivity contribution in [2.45, 2.75) is 12.5 Å². The van der Waals surface area contributed by atoms with Crippen LogP contribution in [0.25, 0.3) is 10.1 Å². The number of fused-ring (bicyclic) bond motifs is 1. The zero-order chi connectivity index (χ0) is 14.3. The number of hydrogen-bond donors (Lipinski definition) is 1. The van der Waals surface area contributed by atoms with E-state index in [2.05, 4.69) is 0 Å². The number of aliphatic hydroxyl groups is 1. The quantitative estimate of drug-likeness (QED) is 0.740. The third-order valence-electron chi connectivity index (χ3n) is 3.39. The second-order valence-corrected chi connectivity index (χ2v) is 5.93. The van der Waals surface area contributed by atoms with Crippen molar-refractivity contribution in [3.8, 4) is 0 Å². The SMILES string of the molecule is CC(O)(c1ccc(F)c(F)c1)c1cc2ccccc2s1. The van der Waals surface area contributed by atoms with Crippen molar-refractivity contribution in [2.75, 3.05) is 0 Å². The van der Waals surface area contributed by atoms with E-state index in [1.807, 2.05) is 30.3 Å². The summed E-state index contributed by atoms with van der Waals surface area (Å²) in [5.41, 5.74) is -1.01. The number of hydrogen-bond acceptors (Lipinski definition) is 2. The Morgan fingerprint density at radius 2 is 1.75 bits per heavy atom. The predicted octanol–water partition coefficient (Wildman–Crippen LogP) is 4.44. The maximum absolute atomic E-state index is 13.3. The summed E-state index contributed by atoms with van der Waals surface area (Å²) in [6, 6.07) is 13.1. The van der Waals surface area contributed by atoms with Gasteiger partial charge in [-0.2, -0.15) is 0 Å². The van der Waals surface area contributed by atoms with Crippen molar-refractivity contribution in [1.29, 1.82) is 0 Å². The van der Waals surface area contributed by atoms with E-state index in [4.69, 9.17) is 0 Å². The summed E-state index contributed by atoms with van der Waals surface area (Å²) < 4.78 is 27.4. The monoisotopic (exact) mass is 290 g/mol. The second kappa shape index (κ2) is 4.65. The van der Waals surface area contributed by atoms with Crippen LogP contribution in [0.1, 0.15) is 17.4 Å². The topological polar surface area (TPSA) is 20.2 Å². The lowest BCUT2D eigenvalue weighted by Gasteiger charge is -2.22. The molecule has 1 aromatic heterocycles. The molecule has 4 heteroatoms. The Kier molecular flexibility index (Phi) is 3.07. The molecule has 20 heavy (non-hydrogen) atoms. The molecule has 102 valence electrons. The standard InChI is InChI=1S/C16H12F2OS/c1-16(19,11-6-7-12(17)13(18)9-11)15-8-10-4-2-3-5-14(10)20-15/h2-9,19H,1H3. The average molecular weight is 290 g/mol. The molecule has 1 nitrogen and oxygen atoms in total. The Morgan fingerprint density at radius 3 is 2.45 bits per heavy atom. The molecular formula is C16H12F2OS. The minimum absolute atomic E-state index is 0.336. The maximum atomic E-state index is 13.3. The Morgan fingerprint density at radius 1 is 1.00 bits per heavy atom. The van der Waals surface area contributed by atoms with Crippen LogP contribution >= 0.6 is 11.3 Å². The van der Waals surface area contributed by atoms with Gasteiger partial charge in [-0.1, -0.05) is 24.3 Å². The van der Waals surface area contributed by atoms with Gasteiger partial charge in [0.25, 0.3) is 0 Å². The molecule has 0 bridgehead atoms. The van der Waals surface area contributed by atoms with Gasteiger partial charge in [0, 0.05) is 9.58 Å². The van der Waals surface area contributed by atoms with Crippen LogP contribution in [0.2, 0.25) is 0 Å². The largest absolute Gasteiger partial charge is 0.380 e. The van der Waals surface area contributed by atoms with E-state index >= 15 is 0 Å². The maximum Gasteiger partial charge on any atom is 0.159 e. The van der Waals surface area contributed by atoms with Crippen LogP contribution in [-0.2, 0) is 5.60 Å². The van der Waals surface area contributed by atoms with Crippen molar-refractivity contribution in [3.63, 3.8) is 0 Å². The summed E-state index contributed by atoms with van der Waals surface area (Å²) in [7, 11) is 0. The summed E-state index contributed by atoms with van der Waals surface area (Å²) in [6.45, 7) is 1.59. The first-order chi connectivity index (χ1) is 9.48. The lowest BCUT2D eigenvalue weighted by Crippen LogP contribution is -2.21. The highest BCUT2D eigenvalue weighted by molar-refractivity contribution is 7.19. The minimum Gasteiger partial charge on any atom is -0.380 e. The second-order valence-electron chi connectivity index (χ2n) is 4.85. The van der Waals surface area contributed by atoms with Gasteiger partial charge < -0.3 is 5.11 Å². The zero-order valence-corrected chi connectivity index (χ0v) is 11.5. The van der Waals surface area contributed by atoms with Crippen LogP contribution in [0.15, 0.2) is 48.5 Å². The third-order valence-corrected chi connectivity index (χ3v) is 4.71. The van der Waals surface area contributed by atoms with Crippen LogP contribution in [0.3, 0.4) is 0 Å². The number of thiophene rings is 1. The van der Waals surface area contributed by atoms with E-state index < -0.39 is 17.2 Å². The van der Waals surface area contributed by atoms with Crippen LogP contribution in [0.5, 0.6) is 0 Å². The fraction of sp³-hybridized carbons (Fsp3) is 0.125. The van der Waals surface area contributed by atoms with E-state index in [-0.39, 0.29) is 0 Å². The molecule has 2 aromatic carbocycles. The molecule has 3 aromatic rings. The Hall–Kier alpha value is -1.78. The zero-order valence-electron chi connectivity index (χ0n) is 10.7. The number of halogens is 2. The van der Waals surface area contributed by atoms with Crippen LogP contribution in [-0.4, -0.2) is 5.11 Å². The summed E-state index contributed by atoms with van der Waals surface area (Å²) >= 11 is 1.44. The van der Waals surface area contributed by atoms with Gasteiger partial charge in [-0.15, -0.1) is 11.3 Å². The molecule has 1 atom stereocenters. The van der Waals surface area contributed by atoms with Crippen molar-refractivity contribution in [2.24, 2.45) is 0 Å². The van der Waals surface area contributed by atoms with Crippen LogP contribution in [0.4, 0.5) is 8.78 Å². The molecule has 0 saturated heterocycles. The number of benzene rings is 2. The molecular weight excluding hydrogens is 278 g/mol. The molecule has 1 unspecified atom stereocenters. The van der Waals surface area contributed by atoms with E-state index in [9.17, 15) is 13.9 Å². The molecule has 0 aliphatic heterocycles. The summed E-state index contributed by atoms with van der Waals surface area (Å²) in [4.78, 5) is 0.699. The molecule has 3 rings (SSSR count). The molecule has 0 aliphatic rings. The van der Waals surface area contributed by atoms with Gasteiger partial charge in [0.1, 0.15) is 5.60 Å². The van der Waals surface area contributed by atoms with Gasteiger partial charge >= 0.3 is 0 Å². The minimum atomic E-state index is -1.35. The lowest BCUT2D eigenvalue weighted by atomic mass is 9.94. The molecule has 1 heterocycles. The van der Waals surface area contributed by atoms with Crippen LogP contribution < -0.4 is 0 Å². The first-order valence-electron chi connectivity index (χ1n) is 6.15. The highest BCUT2D eigenvalue weighted by atomic mass is 32.1. The number of rotatable bonds is 2. The predicted molar refractivity (Wildman–Crippen MR) is 76.9 cm³/mol. The smallest absolute Gasteiger partial charge is 0.159 e. The normalized spacial score (nSPS) is 14.4. The van der Waals surface area contributed by atoms with Gasteiger partial charge in [-0.05, 0) is 42.1 Å². The first kappa shape index (κ1) is 13.2. The summed E-state index contributed by atoms with van der Waals surface area (Å²) in [5.74, 6) is -1.87. The van der Waals surface area contributed by atoms with Gasteiger partial charge in [0.2, 0.25) is 0 Å². The van der Waals surface area contributed by atoms with E-state index in [0.717, 1.165) is 22.2 Å². The molecule has 0 fully saturated rings.